The summed E-state index contributed by atoms with van der Waals surface area (Å²) in [6, 6.07) is -0.553. The smallest absolute Gasteiger partial charge is 0.367 e. The summed E-state index contributed by atoms with van der Waals surface area (Å²) >= 11 is 0. The summed E-state index contributed by atoms with van der Waals surface area (Å²) < 4.78 is 37.7. The van der Waals surface area contributed by atoms with Crippen LogP contribution in [0.5, 0.6) is 0 Å². The monoisotopic (exact) mass is 331 g/mol. The second kappa shape index (κ2) is 7.98. The van der Waals surface area contributed by atoms with E-state index in [1.807, 2.05) is 0 Å². The quantitative estimate of drug-likeness (QED) is 0.724. The van der Waals surface area contributed by atoms with Gasteiger partial charge in [-0.2, -0.15) is 13.2 Å². The van der Waals surface area contributed by atoms with E-state index in [0.717, 1.165) is 0 Å². The van der Waals surface area contributed by atoms with Crippen molar-refractivity contribution >= 4 is 11.8 Å². The minimum absolute atomic E-state index is 0.0721. The molecule has 0 bridgehead atoms. The minimum atomic E-state index is -4.13. The number of rotatable bonds is 5. The number of hydrogen-bond acceptors (Lipinski definition) is 4. The van der Waals surface area contributed by atoms with Gasteiger partial charge in [-0.3, -0.25) is 4.98 Å². The molecule has 1 aromatic heterocycles. The molecule has 1 aliphatic rings. The zero-order valence-electron chi connectivity index (χ0n) is 12.6. The number of aromatic nitrogens is 2. The Hall–Kier alpha value is -2.06. The molecule has 2 rings (SSSR count). The zero-order valence-corrected chi connectivity index (χ0v) is 12.6. The molecule has 0 atom stereocenters. The Morgan fingerprint density at radius 3 is 2.52 bits per heavy atom. The molecule has 3 N–H and O–H groups in total. The first-order valence-electron chi connectivity index (χ1n) is 7.56. The van der Waals surface area contributed by atoms with E-state index in [1.165, 1.54) is 0 Å². The largest absolute Gasteiger partial charge is 0.391 e. The van der Waals surface area contributed by atoms with Gasteiger partial charge in [-0.15, -0.1) is 0 Å². The topological polar surface area (TPSA) is 78.9 Å². The molecular formula is C14H20F3N5O. The van der Waals surface area contributed by atoms with Gasteiger partial charge in [0.1, 0.15) is 5.82 Å². The molecule has 128 valence electrons. The fourth-order valence-corrected chi connectivity index (χ4v) is 2.56. The first-order chi connectivity index (χ1) is 10.9. The number of carbonyl (C=O) groups excluding carboxylic acids is 1. The molecule has 6 nitrogen and oxygen atoms in total. The maximum atomic E-state index is 12.6. The van der Waals surface area contributed by atoms with Crippen molar-refractivity contribution in [2.45, 2.75) is 37.9 Å². The average Bonchev–Trinajstić information content (AvgIpc) is 2.52. The summed E-state index contributed by atoms with van der Waals surface area (Å²) in [6.07, 6.45) is 1.42. The fourth-order valence-electron chi connectivity index (χ4n) is 2.56. The maximum absolute atomic E-state index is 12.6. The van der Waals surface area contributed by atoms with Crippen LogP contribution in [0.1, 0.15) is 25.7 Å². The van der Waals surface area contributed by atoms with Crippen LogP contribution < -0.4 is 16.0 Å². The van der Waals surface area contributed by atoms with E-state index in [-0.39, 0.29) is 24.9 Å². The Balaban J connectivity index is 1.59. The number of carbonyl (C=O) groups is 1. The van der Waals surface area contributed by atoms with E-state index in [1.54, 1.807) is 18.6 Å². The van der Waals surface area contributed by atoms with Crippen molar-refractivity contribution in [2.75, 3.05) is 18.4 Å². The molecule has 1 saturated carbocycles. The second-order valence-electron chi connectivity index (χ2n) is 5.51. The summed E-state index contributed by atoms with van der Waals surface area (Å²) in [6.45, 7) is 0.854. The zero-order chi connectivity index (χ0) is 16.7. The predicted molar refractivity (Wildman–Crippen MR) is 78.9 cm³/mol. The van der Waals surface area contributed by atoms with Gasteiger partial charge in [0, 0.05) is 31.5 Å². The molecule has 1 aliphatic carbocycles. The Morgan fingerprint density at radius 1 is 1.17 bits per heavy atom. The normalized spacial score (nSPS) is 21.5. The van der Waals surface area contributed by atoms with Crippen LogP contribution in [0.15, 0.2) is 18.6 Å². The molecule has 0 unspecified atom stereocenters. The number of amides is 2. The fraction of sp³-hybridized carbons (Fsp3) is 0.643. The highest BCUT2D eigenvalue weighted by atomic mass is 19.4. The maximum Gasteiger partial charge on any atom is 0.391 e. The molecule has 0 radical (unpaired) electrons. The molecule has 23 heavy (non-hydrogen) atoms. The number of nitrogens with one attached hydrogen (secondary N) is 3. The summed E-state index contributed by atoms with van der Waals surface area (Å²) in [5.74, 6) is -0.625. The van der Waals surface area contributed by atoms with E-state index < -0.39 is 12.1 Å². The summed E-state index contributed by atoms with van der Waals surface area (Å²) in [5, 5.41) is 8.36. The van der Waals surface area contributed by atoms with Crippen molar-refractivity contribution in [1.82, 2.24) is 20.6 Å². The van der Waals surface area contributed by atoms with Gasteiger partial charge in [0.25, 0.3) is 0 Å². The van der Waals surface area contributed by atoms with Gasteiger partial charge in [-0.1, -0.05) is 0 Å². The lowest BCUT2D eigenvalue weighted by atomic mass is 9.86. The summed E-state index contributed by atoms with van der Waals surface area (Å²) in [7, 11) is 0. The van der Waals surface area contributed by atoms with Crippen LogP contribution >= 0.6 is 0 Å². The van der Waals surface area contributed by atoms with Crippen molar-refractivity contribution < 1.29 is 18.0 Å². The Kier molecular flexibility index (Phi) is 6.00. The molecule has 1 aromatic rings. The van der Waals surface area contributed by atoms with E-state index >= 15 is 0 Å². The third kappa shape index (κ3) is 5.91. The minimum Gasteiger partial charge on any atom is -0.367 e. The molecule has 0 saturated heterocycles. The van der Waals surface area contributed by atoms with Crippen LogP contribution in [0.25, 0.3) is 0 Å². The lowest BCUT2D eigenvalue weighted by Crippen LogP contribution is -2.45. The third-order valence-corrected chi connectivity index (χ3v) is 3.81. The van der Waals surface area contributed by atoms with Gasteiger partial charge in [0.2, 0.25) is 0 Å². The highest BCUT2D eigenvalue weighted by Gasteiger charge is 2.41. The molecule has 1 heterocycles. The molecular weight excluding hydrogens is 311 g/mol. The van der Waals surface area contributed by atoms with Crippen molar-refractivity contribution in [3.8, 4) is 0 Å². The average molecular weight is 331 g/mol. The van der Waals surface area contributed by atoms with Gasteiger partial charge in [-0.05, 0) is 25.7 Å². The number of halogens is 3. The second-order valence-corrected chi connectivity index (χ2v) is 5.51. The first kappa shape index (κ1) is 17.3. The van der Waals surface area contributed by atoms with Crippen molar-refractivity contribution in [2.24, 2.45) is 5.92 Å². The van der Waals surface area contributed by atoms with E-state index in [4.69, 9.17) is 0 Å². The standard InChI is InChI=1S/C14H20F3N5O/c15-14(16,17)10-1-3-11(4-2-10)22-13(23)21-8-7-20-12-9-18-5-6-19-12/h5-6,9-11H,1-4,7-8H2,(H,19,20)(H2,21,22,23). The molecule has 2 amide bonds. The van der Waals surface area contributed by atoms with Gasteiger partial charge in [0.15, 0.2) is 0 Å². The SMILES string of the molecule is O=C(NCCNc1cnccn1)NC1CCC(C(F)(F)F)CC1. The number of nitrogens with zero attached hydrogens (tertiary/aromatic N) is 2. The molecule has 0 aromatic carbocycles. The summed E-state index contributed by atoms with van der Waals surface area (Å²) in [5.41, 5.74) is 0. The molecule has 0 aliphatic heterocycles. The molecule has 9 heteroatoms. The first-order valence-corrected chi connectivity index (χ1v) is 7.56. The van der Waals surface area contributed by atoms with E-state index in [0.29, 0.717) is 31.7 Å². The predicted octanol–water partition coefficient (Wildman–Crippen LogP) is 2.31. The van der Waals surface area contributed by atoms with Crippen LogP contribution in [0.4, 0.5) is 23.8 Å². The Bertz CT molecular complexity index is 489. The third-order valence-electron chi connectivity index (χ3n) is 3.81. The number of anilines is 1. The van der Waals surface area contributed by atoms with Crippen molar-refractivity contribution in [3.63, 3.8) is 0 Å². The van der Waals surface area contributed by atoms with Gasteiger partial charge in [0.05, 0.1) is 12.1 Å². The van der Waals surface area contributed by atoms with Gasteiger partial charge < -0.3 is 16.0 Å². The van der Waals surface area contributed by atoms with E-state index in [9.17, 15) is 18.0 Å². The van der Waals surface area contributed by atoms with Crippen molar-refractivity contribution in [3.05, 3.63) is 18.6 Å². The molecule has 1 fully saturated rings. The van der Waals surface area contributed by atoms with Crippen LogP contribution in [0.2, 0.25) is 0 Å². The van der Waals surface area contributed by atoms with Gasteiger partial charge in [-0.25, -0.2) is 9.78 Å². The summed E-state index contributed by atoms with van der Waals surface area (Å²) in [4.78, 5) is 19.6. The van der Waals surface area contributed by atoms with Crippen molar-refractivity contribution in [1.29, 1.82) is 0 Å². The van der Waals surface area contributed by atoms with E-state index in [2.05, 4.69) is 25.9 Å². The lowest BCUT2D eigenvalue weighted by molar-refractivity contribution is -0.182. The number of alkyl halides is 3. The Morgan fingerprint density at radius 2 is 1.91 bits per heavy atom. The lowest BCUT2D eigenvalue weighted by Gasteiger charge is -2.30. The van der Waals surface area contributed by atoms with Crippen LogP contribution in [0, 0.1) is 5.92 Å². The van der Waals surface area contributed by atoms with Crippen LogP contribution in [0.3, 0.4) is 0 Å². The highest BCUT2D eigenvalue weighted by molar-refractivity contribution is 5.74. The van der Waals surface area contributed by atoms with Crippen LogP contribution in [-0.2, 0) is 0 Å². The highest BCUT2D eigenvalue weighted by Crippen LogP contribution is 2.37. The van der Waals surface area contributed by atoms with Gasteiger partial charge >= 0.3 is 12.2 Å². The number of hydrogen-bond donors (Lipinski definition) is 3. The van der Waals surface area contributed by atoms with Crippen LogP contribution in [-0.4, -0.2) is 41.3 Å². The Labute approximate surface area is 132 Å². The molecule has 0 spiro atoms. The number of urea groups is 1.